The van der Waals surface area contributed by atoms with Crippen LogP contribution in [0.15, 0.2) is 48.8 Å². The highest BCUT2D eigenvalue weighted by Gasteiger charge is 1.97. The molecular formula is C17H16ClNO. The van der Waals surface area contributed by atoms with Crippen molar-refractivity contribution in [2.75, 3.05) is 12.5 Å². The minimum atomic E-state index is 0.322. The van der Waals surface area contributed by atoms with E-state index in [2.05, 4.69) is 41.1 Å². The van der Waals surface area contributed by atoms with Crippen molar-refractivity contribution in [2.45, 2.75) is 12.8 Å². The summed E-state index contributed by atoms with van der Waals surface area (Å²) < 4.78 is 5.69. The van der Waals surface area contributed by atoms with Gasteiger partial charge >= 0.3 is 0 Å². The Kier molecular flexibility index (Phi) is 5.95. The van der Waals surface area contributed by atoms with Gasteiger partial charge in [0.25, 0.3) is 0 Å². The van der Waals surface area contributed by atoms with Gasteiger partial charge in [0.05, 0.1) is 18.7 Å². The van der Waals surface area contributed by atoms with E-state index in [0.717, 1.165) is 24.2 Å². The lowest BCUT2D eigenvalue weighted by atomic mass is 10.1. The summed E-state index contributed by atoms with van der Waals surface area (Å²) in [6.07, 6.45) is 5.40. The third kappa shape index (κ3) is 4.95. The van der Waals surface area contributed by atoms with Gasteiger partial charge in [-0.2, -0.15) is 0 Å². The molecule has 0 unspecified atom stereocenters. The second kappa shape index (κ2) is 8.24. The van der Waals surface area contributed by atoms with Crippen LogP contribution in [0.4, 0.5) is 0 Å². The van der Waals surface area contributed by atoms with Crippen LogP contribution in [-0.4, -0.2) is 17.5 Å². The SMILES string of the molecule is ClCC#Cc1cncc(OCCCc2ccccc2)c1. The van der Waals surface area contributed by atoms with E-state index < -0.39 is 0 Å². The Hall–Kier alpha value is -1.98. The molecule has 2 aromatic rings. The average molecular weight is 286 g/mol. The number of hydrogen-bond donors (Lipinski definition) is 0. The fourth-order valence-electron chi connectivity index (χ4n) is 1.81. The molecule has 0 bridgehead atoms. The molecule has 0 saturated carbocycles. The Bertz CT molecular complexity index is 587. The molecular weight excluding hydrogens is 270 g/mol. The lowest BCUT2D eigenvalue weighted by Crippen LogP contribution is -2.00. The minimum absolute atomic E-state index is 0.322. The van der Waals surface area contributed by atoms with Crippen molar-refractivity contribution in [2.24, 2.45) is 0 Å². The molecule has 0 saturated heterocycles. The number of benzene rings is 1. The van der Waals surface area contributed by atoms with Crippen LogP contribution in [0.1, 0.15) is 17.5 Å². The van der Waals surface area contributed by atoms with Crippen molar-refractivity contribution in [3.63, 3.8) is 0 Å². The van der Waals surface area contributed by atoms with Crippen molar-refractivity contribution in [3.05, 3.63) is 59.9 Å². The molecule has 0 atom stereocenters. The van der Waals surface area contributed by atoms with Crippen molar-refractivity contribution in [1.82, 2.24) is 4.98 Å². The molecule has 102 valence electrons. The molecule has 0 fully saturated rings. The third-order valence-corrected chi connectivity index (χ3v) is 2.87. The van der Waals surface area contributed by atoms with Gasteiger partial charge < -0.3 is 4.74 Å². The maximum Gasteiger partial charge on any atom is 0.138 e. The molecule has 20 heavy (non-hydrogen) atoms. The predicted octanol–water partition coefficient (Wildman–Crippen LogP) is 3.68. The minimum Gasteiger partial charge on any atom is -0.492 e. The van der Waals surface area contributed by atoms with Crippen molar-refractivity contribution >= 4 is 11.6 Å². The molecule has 0 spiro atoms. The topological polar surface area (TPSA) is 22.1 Å². The summed E-state index contributed by atoms with van der Waals surface area (Å²) >= 11 is 5.53. The number of aromatic nitrogens is 1. The van der Waals surface area contributed by atoms with Crippen molar-refractivity contribution in [1.29, 1.82) is 0 Å². The number of aryl methyl sites for hydroxylation is 1. The first-order valence-corrected chi connectivity index (χ1v) is 7.08. The van der Waals surface area contributed by atoms with E-state index in [1.54, 1.807) is 12.4 Å². The monoisotopic (exact) mass is 285 g/mol. The lowest BCUT2D eigenvalue weighted by Gasteiger charge is -2.06. The Morgan fingerprint density at radius 1 is 1.15 bits per heavy atom. The van der Waals surface area contributed by atoms with Crippen LogP contribution < -0.4 is 4.74 Å². The molecule has 3 heteroatoms. The molecule has 1 heterocycles. The fraction of sp³-hybridized carbons (Fsp3) is 0.235. The summed E-state index contributed by atoms with van der Waals surface area (Å²) in [4.78, 5) is 4.10. The predicted molar refractivity (Wildman–Crippen MR) is 82.1 cm³/mol. The molecule has 0 amide bonds. The maximum atomic E-state index is 5.69. The third-order valence-electron chi connectivity index (χ3n) is 2.73. The summed E-state index contributed by atoms with van der Waals surface area (Å²) in [5, 5.41) is 0. The average Bonchev–Trinajstić information content (AvgIpc) is 2.51. The number of hydrogen-bond acceptors (Lipinski definition) is 2. The van der Waals surface area contributed by atoms with E-state index in [4.69, 9.17) is 16.3 Å². The van der Waals surface area contributed by atoms with E-state index in [0.29, 0.717) is 12.5 Å². The van der Waals surface area contributed by atoms with Gasteiger partial charge in [-0.3, -0.25) is 4.98 Å². The second-order valence-corrected chi connectivity index (χ2v) is 4.55. The number of ether oxygens (including phenoxy) is 1. The first-order chi connectivity index (χ1) is 9.88. The van der Waals surface area contributed by atoms with Crippen LogP contribution in [0.25, 0.3) is 0 Å². The Labute approximate surface area is 124 Å². The molecule has 1 aromatic heterocycles. The molecule has 2 nitrogen and oxygen atoms in total. The molecule has 0 aliphatic rings. The second-order valence-electron chi connectivity index (χ2n) is 4.28. The summed E-state index contributed by atoms with van der Waals surface area (Å²) in [5.74, 6) is 6.80. The van der Waals surface area contributed by atoms with E-state index in [9.17, 15) is 0 Å². The fourth-order valence-corrected chi connectivity index (χ4v) is 1.88. The lowest BCUT2D eigenvalue weighted by molar-refractivity contribution is 0.310. The van der Waals surface area contributed by atoms with Crippen LogP contribution in [0.3, 0.4) is 0 Å². The molecule has 0 aliphatic heterocycles. The van der Waals surface area contributed by atoms with Gasteiger partial charge in [-0.25, -0.2) is 0 Å². The molecule has 0 radical (unpaired) electrons. The largest absolute Gasteiger partial charge is 0.492 e. The van der Waals surface area contributed by atoms with E-state index in [-0.39, 0.29) is 0 Å². The van der Waals surface area contributed by atoms with Gasteiger partial charge in [0.2, 0.25) is 0 Å². The summed E-state index contributed by atoms with van der Waals surface area (Å²) in [5.41, 5.74) is 2.15. The molecule has 1 aromatic carbocycles. The van der Waals surface area contributed by atoms with Gasteiger partial charge in [-0.1, -0.05) is 42.2 Å². The first-order valence-electron chi connectivity index (χ1n) is 6.55. The Morgan fingerprint density at radius 3 is 2.80 bits per heavy atom. The van der Waals surface area contributed by atoms with Gasteiger partial charge in [0.15, 0.2) is 0 Å². The maximum absolute atomic E-state index is 5.69. The van der Waals surface area contributed by atoms with Crippen LogP contribution in [0, 0.1) is 11.8 Å². The number of halogens is 1. The smallest absolute Gasteiger partial charge is 0.138 e. The van der Waals surface area contributed by atoms with Crippen LogP contribution in [0.2, 0.25) is 0 Å². The zero-order chi connectivity index (χ0) is 14.0. The Morgan fingerprint density at radius 2 is 2.00 bits per heavy atom. The summed E-state index contributed by atoms with van der Waals surface area (Å²) in [6.45, 7) is 0.670. The summed E-state index contributed by atoms with van der Waals surface area (Å²) in [7, 11) is 0. The highest BCUT2D eigenvalue weighted by molar-refractivity contribution is 6.19. The first kappa shape index (κ1) is 14.4. The van der Waals surface area contributed by atoms with Gasteiger partial charge in [-0.05, 0) is 24.5 Å². The van der Waals surface area contributed by atoms with Gasteiger partial charge in [0.1, 0.15) is 5.75 Å². The van der Waals surface area contributed by atoms with Crippen LogP contribution in [0.5, 0.6) is 5.75 Å². The van der Waals surface area contributed by atoms with E-state index >= 15 is 0 Å². The quantitative estimate of drug-likeness (QED) is 0.475. The molecule has 0 N–H and O–H groups in total. The molecule has 0 aliphatic carbocycles. The number of rotatable bonds is 5. The van der Waals surface area contributed by atoms with Gasteiger partial charge in [-0.15, -0.1) is 11.6 Å². The number of alkyl halides is 1. The van der Waals surface area contributed by atoms with Crippen LogP contribution >= 0.6 is 11.6 Å². The number of nitrogens with zero attached hydrogens (tertiary/aromatic N) is 1. The molecule has 2 rings (SSSR count). The Balaban J connectivity index is 1.79. The standard InChI is InChI=1S/C17H16ClNO/c18-10-4-8-16-12-17(14-19-13-16)20-11-5-9-15-6-2-1-3-7-15/h1-3,6-7,12-14H,5,9-11H2. The van der Waals surface area contributed by atoms with Gasteiger partial charge in [0, 0.05) is 11.8 Å². The number of pyridine rings is 1. The van der Waals surface area contributed by atoms with E-state index in [1.165, 1.54) is 5.56 Å². The highest BCUT2D eigenvalue weighted by atomic mass is 35.5. The van der Waals surface area contributed by atoms with Crippen LogP contribution in [-0.2, 0) is 6.42 Å². The van der Waals surface area contributed by atoms with Crippen molar-refractivity contribution in [3.8, 4) is 17.6 Å². The van der Waals surface area contributed by atoms with E-state index in [1.807, 2.05) is 12.1 Å². The normalized spacial score (nSPS) is 9.65. The highest BCUT2D eigenvalue weighted by Crippen LogP contribution is 2.11. The summed E-state index contributed by atoms with van der Waals surface area (Å²) in [6, 6.07) is 12.3. The zero-order valence-corrected chi connectivity index (χ0v) is 11.9. The zero-order valence-electron chi connectivity index (χ0n) is 11.2. The van der Waals surface area contributed by atoms with Crippen molar-refractivity contribution < 1.29 is 4.74 Å².